The Morgan fingerprint density at radius 2 is 1.63 bits per heavy atom. The average molecular weight is 429 g/mol. The number of piperidine rings is 1. The first kappa shape index (κ1) is 22.7. The molecule has 0 spiro atoms. The van der Waals surface area contributed by atoms with Crippen LogP contribution in [0, 0.1) is 11.8 Å². The van der Waals surface area contributed by atoms with E-state index in [2.05, 4.69) is 45.8 Å². The van der Waals surface area contributed by atoms with Crippen LogP contribution in [0.1, 0.15) is 82.6 Å². The molecule has 2 atom stereocenters. The van der Waals surface area contributed by atoms with E-state index in [9.17, 15) is 0 Å². The molecule has 2 nitrogen and oxygen atoms in total. The lowest BCUT2D eigenvalue weighted by Gasteiger charge is -2.37. The molecule has 30 heavy (non-hydrogen) atoms. The molecule has 0 amide bonds. The molecular formula is C27H44N2S. The van der Waals surface area contributed by atoms with Gasteiger partial charge >= 0.3 is 0 Å². The Hall–Kier alpha value is -0.510. The van der Waals surface area contributed by atoms with Gasteiger partial charge in [0.25, 0.3) is 0 Å². The van der Waals surface area contributed by atoms with Crippen LogP contribution < -0.4 is 0 Å². The largest absolute Gasteiger partial charge is 0.303 e. The Kier molecular flexibility index (Phi) is 9.01. The fraction of sp³-hybridized carbons (Fsp3) is 0.778. The van der Waals surface area contributed by atoms with Crippen LogP contribution in [0.4, 0.5) is 0 Å². The molecule has 2 aliphatic carbocycles. The minimum atomic E-state index is 0.851. The monoisotopic (exact) mass is 428 g/mol. The van der Waals surface area contributed by atoms with E-state index >= 15 is 0 Å². The molecule has 1 aromatic carbocycles. The molecule has 3 fully saturated rings. The molecule has 0 aromatic heterocycles. The first-order valence-corrected chi connectivity index (χ1v) is 14.1. The van der Waals surface area contributed by atoms with E-state index in [-0.39, 0.29) is 0 Å². The van der Waals surface area contributed by atoms with Crippen molar-refractivity contribution in [2.45, 2.75) is 95.6 Å². The number of benzene rings is 1. The number of rotatable bonds is 9. The highest BCUT2D eigenvalue weighted by Gasteiger charge is 2.34. The van der Waals surface area contributed by atoms with Crippen LogP contribution in [0.5, 0.6) is 0 Å². The second kappa shape index (κ2) is 11.9. The SMILES string of the molecule is CSN(C1CCCCC1)C1CCC(CN2CCC(CCCc3ccccc3)CC2)C1. The third-order valence-electron chi connectivity index (χ3n) is 8.16. The minimum Gasteiger partial charge on any atom is -0.303 e. The van der Waals surface area contributed by atoms with Crippen molar-refractivity contribution in [3.63, 3.8) is 0 Å². The van der Waals surface area contributed by atoms with Crippen LogP contribution >= 0.6 is 11.9 Å². The maximum Gasteiger partial charge on any atom is 0.0208 e. The van der Waals surface area contributed by atoms with Gasteiger partial charge in [-0.25, -0.2) is 4.31 Å². The highest BCUT2D eigenvalue weighted by molar-refractivity contribution is 7.96. The van der Waals surface area contributed by atoms with Crippen LogP contribution in [0.25, 0.3) is 0 Å². The van der Waals surface area contributed by atoms with Crippen molar-refractivity contribution in [3.8, 4) is 0 Å². The van der Waals surface area contributed by atoms with Crippen molar-refractivity contribution in [3.05, 3.63) is 35.9 Å². The molecule has 3 aliphatic rings. The summed E-state index contributed by atoms with van der Waals surface area (Å²) in [6, 6.07) is 12.8. The molecule has 168 valence electrons. The van der Waals surface area contributed by atoms with Crippen molar-refractivity contribution < 1.29 is 0 Å². The molecule has 2 saturated carbocycles. The molecule has 0 N–H and O–H groups in total. The zero-order chi connectivity index (χ0) is 20.6. The fourth-order valence-electron chi connectivity index (χ4n) is 6.44. The van der Waals surface area contributed by atoms with E-state index in [1.807, 2.05) is 11.9 Å². The lowest BCUT2D eigenvalue weighted by Crippen LogP contribution is -2.39. The maximum atomic E-state index is 2.83. The van der Waals surface area contributed by atoms with E-state index in [1.165, 1.54) is 109 Å². The Bertz CT molecular complexity index is 592. The smallest absolute Gasteiger partial charge is 0.0208 e. The number of nitrogens with zero attached hydrogens (tertiary/aromatic N) is 2. The van der Waals surface area contributed by atoms with Gasteiger partial charge in [-0.05, 0) is 94.5 Å². The van der Waals surface area contributed by atoms with E-state index in [1.54, 1.807) is 0 Å². The number of hydrogen-bond acceptors (Lipinski definition) is 3. The normalized spacial score (nSPS) is 27.1. The molecule has 0 radical (unpaired) electrons. The van der Waals surface area contributed by atoms with E-state index < -0.39 is 0 Å². The van der Waals surface area contributed by atoms with Gasteiger partial charge in [-0.2, -0.15) is 0 Å². The third kappa shape index (κ3) is 6.50. The van der Waals surface area contributed by atoms with Gasteiger partial charge in [0.05, 0.1) is 0 Å². The zero-order valence-electron chi connectivity index (χ0n) is 19.3. The number of likely N-dealkylation sites (tertiary alicyclic amines) is 1. The lowest BCUT2D eigenvalue weighted by atomic mass is 9.90. The molecule has 1 heterocycles. The van der Waals surface area contributed by atoms with Crippen molar-refractivity contribution in [2.24, 2.45) is 11.8 Å². The lowest BCUT2D eigenvalue weighted by molar-refractivity contribution is 0.152. The molecule has 4 rings (SSSR count). The second-order valence-electron chi connectivity index (χ2n) is 10.3. The van der Waals surface area contributed by atoms with Crippen LogP contribution in [-0.4, -0.2) is 47.2 Å². The van der Waals surface area contributed by atoms with Gasteiger partial charge in [-0.15, -0.1) is 0 Å². The quantitative estimate of drug-likeness (QED) is 0.399. The molecule has 1 saturated heterocycles. The minimum absolute atomic E-state index is 0.851. The maximum absolute atomic E-state index is 2.83. The van der Waals surface area contributed by atoms with Crippen LogP contribution in [0.15, 0.2) is 30.3 Å². The van der Waals surface area contributed by atoms with Gasteiger partial charge in [-0.1, -0.05) is 68.0 Å². The van der Waals surface area contributed by atoms with Gasteiger partial charge in [0.2, 0.25) is 0 Å². The number of aryl methyl sites for hydroxylation is 1. The zero-order valence-corrected chi connectivity index (χ0v) is 20.1. The van der Waals surface area contributed by atoms with Crippen molar-refractivity contribution in [2.75, 3.05) is 25.9 Å². The summed E-state index contributed by atoms with van der Waals surface area (Å²) in [4.78, 5) is 2.81. The Balaban J connectivity index is 1.13. The van der Waals surface area contributed by atoms with Crippen LogP contribution in [0.2, 0.25) is 0 Å². The molecule has 1 aliphatic heterocycles. The fourth-order valence-corrected chi connectivity index (χ4v) is 7.44. The summed E-state index contributed by atoms with van der Waals surface area (Å²) in [5.74, 6) is 1.92. The molecular weight excluding hydrogens is 384 g/mol. The standard InChI is InChI=1S/C27H44N2S/c1-30-29(26-13-6-3-7-14-26)27-16-15-25(21-27)22-28-19-17-24(18-20-28)12-8-11-23-9-4-2-5-10-23/h2,4-5,9-10,24-27H,3,6-8,11-22H2,1H3. The topological polar surface area (TPSA) is 6.48 Å². The van der Waals surface area contributed by atoms with Crippen LogP contribution in [-0.2, 0) is 6.42 Å². The Labute approximate surface area is 190 Å². The molecule has 3 heteroatoms. The van der Waals surface area contributed by atoms with E-state index in [0.29, 0.717) is 0 Å². The summed E-state index contributed by atoms with van der Waals surface area (Å²) < 4.78 is 2.83. The van der Waals surface area contributed by atoms with Gasteiger partial charge in [-0.3, -0.25) is 0 Å². The van der Waals surface area contributed by atoms with Crippen molar-refractivity contribution in [1.82, 2.24) is 9.21 Å². The van der Waals surface area contributed by atoms with Gasteiger partial charge in [0.15, 0.2) is 0 Å². The van der Waals surface area contributed by atoms with E-state index in [4.69, 9.17) is 0 Å². The highest BCUT2D eigenvalue weighted by Crippen LogP contribution is 2.37. The van der Waals surface area contributed by atoms with Crippen molar-refractivity contribution >= 4 is 11.9 Å². The average Bonchev–Trinajstić information content (AvgIpc) is 3.25. The second-order valence-corrected chi connectivity index (χ2v) is 11.1. The molecule has 2 unspecified atom stereocenters. The third-order valence-corrected chi connectivity index (χ3v) is 9.18. The summed E-state index contributed by atoms with van der Waals surface area (Å²) in [5.41, 5.74) is 1.51. The predicted molar refractivity (Wildman–Crippen MR) is 132 cm³/mol. The van der Waals surface area contributed by atoms with Gasteiger partial charge in [0, 0.05) is 18.6 Å². The first-order valence-electron chi connectivity index (χ1n) is 12.9. The molecule has 1 aromatic rings. The predicted octanol–water partition coefficient (Wildman–Crippen LogP) is 6.80. The summed E-state index contributed by atoms with van der Waals surface area (Å²) in [6.07, 6.45) is 20.9. The summed E-state index contributed by atoms with van der Waals surface area (Å²) in [7, 11) is 0. The van der Waals surface area contributed by atoms with Gasteiger partial charge < -0.3 is 4.90 Å². The Morgan fingerprint density at radius 1 is 0.867 bits per heavy atom. The Morgan fingerprint density at radius 3 is 2.37 bits per heavy atom. The summed E-state index contributed by atoms with van der Waals surface area (Å²) in [6.45, 7) is 4.08. The molecule has 0 bridgehead atoms. The highest BCUT2D eigenvalue weighted by atomic mass is 32.2. The first-order chi connectivity index (χ1) is 14.8. The van der Waals surface area contributed by atoms with Gasteiger partial charge in [0.1, 0.15) is 0 Å². The summed E-state index contributed by atoms with van der Waals surface area (Å²) >= 11 is 2.05. The van der Waals surface area contributed by atoms with Crippen LogP contribution in [0.3, 0.4) is 0 Å². The van der Waals surface area contributed by atoms with Crippen molar-refractivity contribution in [1.29, 1.82) is 0 Å². The number of hydrogen-bond donors (Lipinski definition) is 0. The summed E-state index contributed by atoms with van der Waals surface area (Å²) in [5, 5.41) is 0. The van der Waals surface area contributed by atoms with E-state index in [0.717, 1.165) is 23.9 Å².